The van der Waals surface area contributed by atoms with Crippen molar-refractivity contribution in [3.63, 3.8) is 0 Å². The Kier molecular flexibility index (Phi) is 2.42. The van der Waals surface area contributed by atoms with E-state index in [4.69, 9.17) is 0 Å². The predicted octanol–water partition coefficient (Wildman–Crippen LogP) is 3.39. The Morgan fingerprint density at radius 1 is 1.15 bits per heavy atom. The molecule has 1 aromatic rings. The quantitative estimate of drug-likeness (QED) is 0.601. The normalized spacial score (nSPS) is 18.0. The van der Waals surface area contributed by atoms with E-state index in [2.05, 4.69) is 48.6 Å². The first-order valence-electron chi connectivity index (χ1n) is 4.45. The molecular formula is C13H11. The van der Waals surface area contributed by atoms with Crippen molar-refractivity contribution in [2.45, 2.75) is 6.42 Å². The van der Waals surface area contributed by atoms with Crippen LogP contribution in [0.5, 0.6) is 0 Å². The summed E-state index contributed by atoms with van der Waals surface area (Å²) in [6.45, 7) is 0. The van der Waals surface area contributed by atoms with Crippen LogP contribution in [0.3, 0.4) is 0 Å². The molecule has 0 aromatic heterocycles. The zero-order chi connectivity index (χ0) is 8.93. The summed E-state index contributed by atoms with van der Waals surface area (Å²) in [6.07, 6.45) is 12.4. The molecule has 1 aliphatic carbocycles. The van der Waals surface area contributed by atoms with Crippen molar-refractivity contribution in [2.24, 2.45) is 0 Å². The van der Waals surface area contributed by atoms with Gasteiger partial charge >= 0.3 is 0 Å². The van der Waals surface area contributed by atoms with Crippen molar-refractivity contribution in [2.75, 3.05) is 0 Å². The highest BCUT2D eigenvalue weighted by molar-refractivity contribution is 5.56. The Bertz CT molecular complexity index is 353. The van der Waals surface area contributed by atoms with Crippen LogP contribution in [0.4, 0.5) is 0 Å². The van der Waals surface area contributed by atoms with Crippen LogP contribution in [0.15, 0.2) is 54.1 Å². The maximum Gasteiger partial charge on any atom is -0.00880 e. The molecule has 0 nitrogen and oxygen atoms in total. The molecule has 1 aromatic carbocycles. The number of allylic oxidation sites excluding steroid dienone is 5. The van der Waals surface area contributed by atoms with E-state index in [0.717, 1.165) is 6.42 Å². The largest absolute Gasteiger partial charge is 0.0723 e. The average Bonchev–Trinajstić information content (AvgIpc) is 2.21. The molecule has 0 N–H and O–H groups in total. The first-order valence-corrected chi connectivity index (χ1v) is 4.45. The van der Waals surface area contributed by atoms with E-state index in [1.165, 1.54) is 11.1 Å². The van der Waals surface area contributed by atoms with Crippen molar-refractivity contribution in [1.29, 1.82) is 0 Å². The maximum atomic E-state index is 3.05. The van der Waals surface area contributed by atoms with Crippen LogP contribution in [0.2, 0.25) is 0 Å². The van der Waals surface area contributed by atoms with Crippen LogP contribution >= 0.6 is 0 Å². The second-order valence-corrected chi connectivity index (χ2v) is 3.04. The third-order valence-corrected chi connectivity index (χ3v) is 2.00. The molecule has 1 radical (unpaired) electrons. The van der Waals surface area contributed by atoms with Gasteiger partial charge in [-0.25, -0.2) is 0 Å². The minimum absolute atomic E-state index is 0.991. The summed E-state index contributed by atoms with van der Waals surface area (Å²) in [4.78, 5) is 0. The molecule has 0 unspecified atom stereocenters. The van der Waals surface area contributed by atoms with Crippen molar-refractivity contribution in [1.82, 2.24) is 0 Å². The predicted molar refractivity (Wildman–Crippen MR) is 56.0 cm³/mol. The molecule has 0 spiro atoms. The smallest absolute Gasteiger partial charge is 0.00880 e. The fourth-order valence-electron chi connectivity index (χ4n) is 1.34. The molecule has 2 rings (SSSR count). The lowest BCUT2D eigenvalue weighted by molar-refractivity contribution is 1.27. The van der Waals surface area contributed by atoms with Gasteiger partial charge in [-0.15, -0.1) is 0 Å². The highest BCUT2D eigenvalue weighted by Crippen LogP contribution is 2.14. The Morgan fingerprint density at radius 3 is 2.69 bits per heavy atom. The highest BCUT2D eigenvalue weighted by atomic mass is 14.0. The lowest BCUT2D eigenvalue weighted by atomic mass is 10.0. The van der Waals surface area contributed by atoms with Gasteiger partial charge in [0.25, 0.3) is 0 Å². The summed E-state index contributed by atoms with van der Waals surface area (Å²) in [5, 5.41) is 0. The summed E-state index contributed by atoms with van der Waals surface area (Å²) in [6, 6.07) is 10.4. The fourth-order valence-corrected chi connectivity index (χ4v) is 1.34. The SMILES string of the molecule is [C]1=CCC(=Cc2ccccc2)C=C1. The average molecular weight is 167 g/mol. The third kappa shape index (κ3) is 2.19. The molecule has 0 amide bonds. The minimum atomic E-state index is 0.991. The van der Waals surface area contributed by atoms with E-state index in [1.54, 1.807) is 0 Å². The molecule has 0 saturated carbocycles. The summed E-state index contributed by atoms with van der Waals surface area (Å²) in [7, 11) is 0. The summed E-state index contributed by atoms with van der Waals surface area (Å²) >= 11 is 0. The van der Waals surface area contributed by atoms with Crippen molar-refractivity contribution in [3.8, 4) is 0 Å². The molecule has 13 heavy (non-hydrogen) atoms. The van der Waals surface area contributed by atoms with Gasteiger partial charge in [0.1, 0.15) is 0 Å². The molecular weight excluding hydrogens is 156 g/mol. The van der Waals surface area contributed by atoms with Crippen LogP contribution in [0.25, 0.3) is 6.08 Å². The van der Waals surface area contributed by atoms with Gasteiger partial charge in [-0.3, -0.25) is 0 Å². The highest BCUT2D eigenvalue weighted by Gasteiger charge is 1.93. The second kappa shape index (κ2) is 3.90. The van der Waals surface area contributed by atoms with E-state index in [1.807, 2.05) is 12.1 Å². The van der Waals surface area contributed by atoms with E-state index in [9.17, 15) is 0 Å². The van der Waals surface area contributed by atoms with Crippen LogP contribution in [-0.4, -0.2) is 0 Å². The first kappa shape index (κ1) is 8.06. The Morgan fingerprint density at radius 2 is 2.00 bits per heavy atom. The second-order valence-electron chi connectivity index (χ2n) is 3.04. The Hall–Kier alpha value is -1.56. The summed E-state index contributed by atoms with van der Waals surface area (Å²) < 4.78 is 0. The third-order valence-electron chi connectivity index (χ3n) is 2.00. The fraction of sp³-hybridized carbons (Fsp3) is 0.0769. The van der Waals surface area contributed by atoms with E-state index in [0.29, 0.717) is 0 Å². The summed E-state index contributed by atoms with van der Waals surface area (Å²) in [5.74, 6) is 0. The lowest BCUT2D eigenvalue weighted by Gasteiger charge is -2.01. The number of hydrogen-bond acceptors (Lipinski definition) is 0. The lowest BCUT2D eigenvalue weighted by Crippen LogP contribution is -1.81. The minimum Gasteiger partial charge on any atom is -0.0723 e. The van der Waals surface area contributed by atoms with Crippen LogP contribution in [-0.2, 0) is 0 Å². The van der Waals surface area contributed by atoms with Crippen molar-refractivity contribution in [3.05, 3.63) is 65.8 Å². The topological polar surface area (TPSA) is 0 Å². The number of rotatable bonds is 1. The van der Waals surface area contributed by atoms with Crippen molar-refractivity contribution < 1.29 is 0 Å². The van der Waals surface area contributed by atoms with Crippen LogP contribution in [0.1, 0.15) is 12.0 Å². The van der Waals surface area contributed by atoms with Gasteiger partial charge in [-0.2, -0.15) is 0 Å². The molecule has 0 heteroatoms. The molecule has 0 aliphatic heterocycles. The molecule has 63 valence electrons. The summed E-state index contributed by atoms with van der Waals surface area (Å²) in [5.41, 5.74) is 2.60. The standard InChI is InChI=1S/C13H11/c1-3-7-12(8-4-1)11-13-9-5-2-6-10-13/h1,3-9,11H,10H2. The van der Waals surface area contributed by atoms with E-state index >= 15 is 0 Å². The van der Waals surface area contributed by atoms with E-state index in [-0.39, 0.29) is 0 Å². The monoisotopic (exact) mass is 167 g/mol. The zero-order valence-electron chi connectivity index (χ0n) is 7.40. The number of benzene rings is 1. The molecule has 1 aliphatic rings. The van der Waals surface area contributed by atoms with E-state index < -0.39 is 0 Å². The molecule has 0 saturated heterocycles. The van der Waals surface area contributed by atoms with Gasteiger partial charge in [-0.05, 0) is 23.6 Å². The maximum absolute atomic E-state index is 3.05. The zero-order valence-corrected chi connectivity index (χ0v) is 7.40. The van der Waals surface area contributed by atoms with Gasteiger partial charge in [0.15, 0.2) is 0 Å². The van der Waals surface area contributed by atoms with Gasteiger partial charge in [0.2, 0.25) is 0 Å². The Labute approximate surface area is 78.9 Å². The first-order chi connectivity index (χ1) is 6.45. The Balaban J connectivity index is 2.21. The van der Waals surface area contributed by atoms with Crippen LogP contribution in [0, 0.1) is 6.08 Å². The molecule has 0 heterocycles. The van der Waals surface area contributed by atoms with Gasteiger partial charge in [0.05, 0.1) is 0 Å². The van der Waals surface area contributed by atoms with Gasteiger partial charge in [0, 0.05) is 0 Å². The molecule has 0 fully saturated rings. The number of hydrogen-bond donors (Lipinski definition) is 0. The van der Waals surface area contributed by atoms with Gasteiger partial charge < -0.3 is 0 Å². The molecule has 0 bridgehead atoms. The van der Waals surface area contributed by atoms with Gasteiger partial charge in [-0.1, -0.05) is 54.6 Å². The molecule has 0 atom stereocenters. The van der Waals surface area contributed by atoms with Crippen molar-refractivity contribution >= 4 is 6.08 Å². The van der Waals surface area contributed by atoms with Crippen LogP contribution < -0.4 is 0 Å².